The van der Waals surface area contributed by atoms with Crippen molar-refractivity contribution >= 4 is 17.3 Å². The SMILES string of the molecule is O=C(NC/C(=N\Nc1ccc(F)cc1)c1ccccc1)c1ccccc1. The zero-order chi connectivity index (χ0) is 18.2. The third kappa shape index (κ3) is 4.77. The lowest BCUT2D eigenvalue weighted by Crippen LogP contribution is -2.30. The molecule has 3 rings (SSSR count). The number of rotatable bonds is 6. The second-order valence-electron chi connectivity index (χ2n) is 5.59. The molecule has 0 fully saturated rings. The molecule has 0 saturated heterocycles. The first-order valence-electron chi connectivity index (χ1n) is 8.19. The Hall–Kier alpha value is -3.47. The second kappa shape index (κ2) is 8.58. The molecule has 5 heteroatoms. The van der Waals surface area contributed by atoms with E-state index in [1.54, 1.807) is 24.3 Å². The minimum Gasteiger partial charge on any atom is -0.346 e. The summed E-state index contributed by atoms with van der Waals surface area (Å²) in [6.45, 7) is 0.256. The largest absolute Gasteiger partial charge is 0.346 e. The van der Waals surface area contributed by atoms with Crippen LogP contribution in [0.4, 0.5) is 10.1 Å². The minimum atomic E-state index is -0.307. The maximum atomic E-state index is 13.0. The van der Waals surface area contributed by atoms with Crippen molar-refractivity contribution < 1.29 is 9.18 Å². The summed E-state index contributed by atoms with van der Waals surface area (Å²) in [5.74, 6) is -0.478. The van der Waals surface area contributed by atoms with Crippen molar-refractivity contribution in [2.45, 2.75) is 0 Å². The molecule has 0 aliphatic carbocycles. The standard InChI is InChI=1S/C21H18FN3O/c22-18-11-13-19(14-12-18)24-25-20(16-7-3-1-4-8-16)15-23-21(26)17-9-5-2-6-10-17/h1-14,24H,15H2,(H,23,26)/b25-20+. The van der Waals surface area contributed by atoms with Gasteiger partial charge in [0.25, 0.3) is 5.91 Å². The van der Waals surface area contributed by atoms with E-state index in [1.807, 2.05) is 48.5 Å². The van der Waals surface area contributed by atoms with Crippen LogP contribution in [0.15, 0.2) is 90.0 Å². The summed E-state index contributed by atoms with van der Waals surface area (Å²) in [4.78, 5) is 12.3. The van der Waals surface area contributed by atoms with Crippen molar-refractivity contribution in [2.24, 2.45) is 5.10 Å². The molecule has 0 aliphatic rings. The fourth-order valence-electron chi connectivity index (χ4n) is 2.35. The summed E-state index contributed by atoms with van der Waals surface area (Å²) in [7, 11) is 0. The van der Waals surface area contributed by atoms with E-state index in [0.717, 1.165) is 5.56 Å². The highest BCUT2D eigenvalue weighted by Crippen LogP contribution is 2.09. The normalized spacial score (nSPS) is 11.0. The van der Waals surface area contributed by atoms with Crippen LogP contribution in [0.1, 0.15) is 15.9 Å². The average Bonchev–Trinajstić information content (AvgIpc) is 2.70. The van der Waals surface area contributed by atoms with Crippen molar-refractivity contribution in [1.82, 2.24) is 5.32 Å². The van der Waals surface area contributed by atoms with Gasteiger partial charge in [-0.2, -0.15) is 5.10 Å². The molecular formula is C21H18FN3O. The number of hydrogen-bond acceptors (Lipinski definition) is 3. The van der Waals surface area contributed by atoms with E-state index in [1.165, 1.54) is 12.1 Å². The second-order valence-corrected chi connectivity index (χ2v) is 5.59. The molecule has 0 saturated carbocycles. The first-order valence-corrected chi connectivity index (χ1v) is 8.19. The average molecular weight is 347 g/mol. The Labute approximate surface area is 151 Å². The van der Waals surface area contributed by atoms with Gasteiger partial charge in [-0.1, -0.05) is 48.5 Å². The van der Waals surface area contributed by atoms with E-state index in [4.69, 9.17) is 0 Å². The highest BCUT2D eigenvalue weighted by molar-refractivity contribution is 6.05. The van der Waals surface area contributed by atoms with Gasteiger partial charge in [-0.15, -0.1) is 0 Å². The number of hydrogen-bond donors (Lipinski definition) is 2. The van der Waals surface area contributed by atoms with E-state index >= 15 is 0 Å². The number of nitrogens with one attached hydrogen (secondary N) is 2. The van der Waals surface area contributed by atoms with Crippen LogP contribution in [0, 0.1) is 5.82 Å². The smallest absolute Gasteiger partial charge is 0.251 e. The predicted octanol–water partition coefficient (Wildman–Crippen LogP) is 4.07. The van der Waals surface area contributed by atoms with Gasteiger partial charge in [0.1, 0.15) is 5.82 Å². The van der Waals surface area contributed by atoms with Crippen molar-refractivity contribution in [2.75, 3.05) is 12.0 Å². The molecule has 4 nitrogen and oxygen atoms in total. The monoisotopic (exact) mass is 347 g/mol. The van der Waals surface area contributed by atoms with Crippen LogP contribution >= 0.6 is 0 Å². The van der Waals surface area contributed by atoms with Crippen LogP contribution in [-0.4, -0.2) is 18.2 Å². The lowest BCUT2D eigenvalue weighted by atomic mass is 10.1. The number of benzene rings is 3. The van der Waals surface area contributed by atoms with Gasteiger partial charge in [0, 0.05) is 5.56 Å². The van der Waals surface area contributed by atoms with E-state index in [0.29, 0.717) is 17.0 Å². The lowest BCUT2D eigenvalue weighted by molar-refractivity contribution is 0.0959. The van der Waals surface area contributed by atoms with Crippen molar-refractivity contribution in [3.8, 4) is 0 Å². The van der Waals surface area contributed by atoms with Gasteiger partial charge in [-0.25, -0.2) is 4.39 Å². The molecule has 3 aromatic carbocycles. The van der Waals surface area contributed by atoms with Crippen LogP contribution in [0.5, 0.6) is 0 Å². The number of halogens is 1. The number of carbonyl (C=O) groups is 1. The summed E-state index contributed by atoms with van der Waals surface area (Å²) >= 11 is 0. The zero-order valence-electron chi connectivity index (χ0n) is 14.0. The number of anilines is 1. The Morgan fingerprint density at radius 3 is 2.00 bits per heavy atom. The lowest BCUT2D eigenvalue weighted by Gasteiger charge is -2.10. The molecule has 3 aromatic rings. The van der Waals surface area contributed by atoms with Crippen LogP contribution in [0.25, 0.3) is 0 Å². The van der Waals surface area contributed by atoms with Crippen LogP contribution in [0.2, 0.25) is 0 Å². The van der Waals surface area contributed by atoms with Crippen LogP contribution in [-0.2, 0) is 0 Å². The predicted molar refractivity (Wildman–Crippen MR) is 102 cm³/mol. The number of carbonyl (C=O) groups excluding carboxylic acids is 1. The Morgan fingerprint density at radius 2 is 1.38 bits per heavy atom. The van der Waals surface area contributed by atoms with Gasteiger partial charge < -0.3 is 5.32 Å². The van der Waals surface area contributed by atoms with Crippen molar-refractivity contribution in [1.29, 1.82) is 0 Å². The van der Waals surface area contributed by atoms with Gasteiger partial charge >= 0.3 is 0 Å². The molecule has 0 bridgehead atoms. The van der Waals surface area contributed by atoms with Gasteiger partial charge in [-0.05, 0) is 42.0 Å². The quantitative estimate of drug-likeness (QED) is 0.522. The maximum absolute atomic E-state index is 13.0. The summed E-state index contributed by atoms with van der Waals surface area (Å²) in [6.07, 6.45) is 0. The molecule has 1 amide bonds. The molecule has 130 valence electrons. The van der Waals surface area contributed by atoms with Crippen molar-refractivity contribution in [3.05, 3.63) is 102 Å². The van der Waals surface area contributed by atoms with E-state index in [9.17, 15) is 9.18 Å². The molecular weight excluding hydrogens is 329 g/mol. The number of amides is 1. The molecule has 2 N–H and O–H groups in total. The summed E-state index contributed by atoms with van der Waals surface area (Å²) in [5.41, 5.74) is 5.71. The molecule has 0 heterocycles. The number of nitrogens with zero attached hydrogens (tertiary/aromatic N) is 1. The maximum Gasteiger partial charge on any atom is 0.251 e. The molecule has 0 unspecified atom stereocenters. The van der Waals surface area contributed by atoms with Crippen LogP contribution < -0.4 is 10.7 Å². The topological polar surface area (TPSA) is 53.5 Å². The number of hydrazone groups is 1. The molecule has 26 heavy (non-hydrogen) atoms. The minimum absolute atomic E-state index is 0.170. The van der Waals surface area contributed by atoms with E-state index in [-0.39, 0.29) is 18.3 Å². The third-order valence-electron chi connectivity index (χ3n) is 3.72. The molecule has 0 radical (unpaired) electrons. The van der Waals surface area contributed by atoms with E-state index in [2.05, 4.69) is 15.8 Å². The molecule has 0 atom stereocenters. The zero-order valence-corrected chi connectivity index (χ0v) is 14.0. The molecule has 0 spiro atoms. The van der Waals surface area contributed by atoms with Crippen LogP contribution in [0.3, 0.4) is 0 Å². The van der Waals surface area contributed by atoms with Gasteiger partial charge in [0.15, 0.2) is 0 Å². The Balaban J connectivity index is 1.74. The summed E-state index contributed by atoms with van der Waals surface area (Å²) in [5, 5.41) is 7.26. The van der Waals surface area contributed by atoms with Gasteiger partial charge in [-0.3, -0.25) is 10.2 Å². The first kappa shape index (κ1) is 17.4. The third-order valence-corrected chi connectivity index (χ3v) is 3.72. The Bertz CT molecular complexity index is 878. The Morgan fingerprint density at radius 1 is 0.808 bits per heavy atom. The fourth-order valence-corrected chi connectivity index (χ4v) is 2.35. The van der Waals surface area contributed by atoms with Gasteiger partial charge in [0.2, 0.25) is 0 Å². The summed E-state index contributed by atoms with van der Waals surface area (Å²) < 4.78 is 13.0. The van der Waals surface area contributed by atoms with Crippen molar-refractivity contribution in [3.63, 3.8) is 0 Å². The highest BCUT2D eigenvalue weighted by atomic mass is 19.1. The molecule has 0 aliphatic heterocycles. The highest BCUT2D eigenvalue weighted by Gasteiger charge is 2.08. The van der Waals surface area contributed by atoms with E-state index < -0.39 is 0 Å². The first-order chi connectivity index (χ1) is 12.7. The van der Waals surface area contributed by atoms with Gasteiger partial charge in [0.05, 0.1) is 17.9 Å². The Kier molecular flexibility index (Phi) is 5.72. The fraction of sp³-hybridized carbons (Fsp3) is 0.0476. The molecule has 0 aromatic heterocycles. The summed E-state index contributed by atoms with van der Waals surface area (Å²) in [6, 6.07) is 24.5.